The van der Waals surface area contributed by atoms with Crippen molar-refractivity contribution in [2.45, 2.75) is 0 Å². The molecular formula is C18H14N2S2+2. The van der Waals surface area contributed by atoms with E-state index in [4.69, 9.17) is 0 Å². The van der Waals surface area contributed by atoms with E-state index >= 15 is 0 Å². The minimum Gasteiger partial charge on any atom is -0.158 e. The standard InChI is InChI=1S/C18H14N2S2/c1-3-17(21-13-1)19-9-5-15(6-10-19)16-7-11-20(12-8-16)18-4-2-14-22-18/h1-14H/q+2. The van der Waals surface area contributed by atoms with Crippen molar-refractivity contribution in [3.8, 4) is 21.1 Å². The topological polar surface area (TPSA) is 7.76 Å². The molecule has 4 aromatic rings. The van der Waals surface area contributed by atoms with E-state index in [0.717, 1.165) is 0 Å². The van der Waals surface area contributed by atoms with Gasteiger partial charge in [-0.05, 0) is 34.0 Å². The van der Waals surface area contributed by atoms with Crippen molar-refractivity contribution >= 4 is 22.7 Å². The van der Waals surface area contributed by atoms with Gasteiger partial charge >= 0.3 is 0 Å². The number of nitrogens with zero attached hydrogens (tertiary/aromatic N) is 2. The zero-order valence-corrected chi connectivity index (χ0v) is 13.4. The molecule has 22 heavy (non-hydrogen) atoms. The minimum absolute atomic E-state index is 1.23. The lowest BCUT2D eigenvalue weighted by atomic mass is 10.1. The van der Waals surface area contributed by atoms with Crippen molar-refractivity contribution in [1.29, 1.82) is 0 Å². The van der Waals surface area contributed by atoms with Crippen LogP contribution in [-0.2, 0) is 0 Å². The molecule has 4 heterocycles. The molecule has 4 aromatic heterocycles. The van der Waals surface area contributed by atoms with E-state index in [1.165, 1.54) is 21.1 Å². The van der Waals surface area contributed by atoms with E-state index in [0.29, 0.717) is 0 Å². The number of pyridine rings is 2. The summed E-state index contributed by atoms with van der Waals surface area (Å²) in [6.07, 6.45) is 8.45. The highest BCUT2D eigenvalue weighted by Gasteiger charge is 2.09. The maximum Gasteiger partial charge on any atom is 0.266 e. The van der Waals surface area contributed by atoms with E-state index in [1.807, 2.05) is 0 Å². The van der Waals surface area contributed by atoms with Gasteiger partial charge in [-0.15, -0.1) is 0 Å². The molecule has 2 nitrogen and oxygen atoms in total. The average Bonchev–Trinajstić information content (AvgIpc) is 3.29. The number of rotatable bonds is 3. The van der Waals surface area contributed by atoms with Crippen molar-refractivity contribution in [2.75, 3.05) is 0 Å². The molecule has 0 aromatic carbocycles. The molecule has 4 heteroatoms. The van der Waals surface area contributed by atoms with E-state index in [-0.39, 0.29) is 0 Å². The second kappa shape index (κ2) is 5.83. The smallest absolute Gasteiger partial charge is 0.158 e. The maximum absolute atomic E-state index is 2.16. The van der Waals surface area contributed by atoms with E-state index in [1.54, 1.807) is 22.7 Å². The molecule has 0 fully saturated rings. The second-order valence-corrected chi connectivity index (χ2v) is 6.74. The maximum atomic E-state index is 2.16. The monoisotopic (exact) mass is 322 g/mol. The Morgan fingerprint density at radius 2 is 0.955 bits per heavy atom. The molecule has 0 N–H and O–H groups in total. The third-order valence-electron chi connectivity index (χ3n) is 3.51. The van der Waals surface area contributed by atoms with Crippen LogP contribution >= 0.6 is 22.7 Å². The van der Waals surface area contributed by atoms with Crippen LogP contribution in [0, 0.1) is 0 Å². The first-order valence-corrected chi connectivity index (χ1v) is 8.77. The first-order valence-electron chi connectivity index (χ1n) is 7.01. The van der Waals surface area contributed by atoms with Crippen LogP contribution in [0.3, 0.4) is 0 Å². The molecule has 0 bridgehead atoms. The fourth-order valence-electron chi connectivity index (χ4n) is 2.37. The van der Waals surface area contributed by atoms with Crippen LogP contribution in [0.4, 0.5) is 0 Å². The second-order valence-electron chi connectivity index (χ2n) is 4.89. The Kier molecular flexibility index (Phi) is 3.54. The summed E-state index contributed by atoms with van der Waals surface area (Å²) >= 11 is 3.48. The van der Waals surface area contributed by atoms with Gasteiger partial charge in [0.15, 0.2) is 24.8 Å². The lowest BCUT2D eigenvalue weighted by molar-refractivity contribution is -0.591. The molecule has 106 valence electrons. The molecule has 0 radical (unpaired) electrons. The molecule has 0 aliphatic heterocycles. The first-order chi connectivity index (χ1) is 10.9. The van der Waals surface area contributed by atoms with E-state index in [9.17, 15) is 0 Å². The number of thiophene rings is 2. The molecule has 0 spiro atoms. The summed E-state index contributed by atoms with van der Waals surface area (Å²) in [4.78, 5) is 0. The summed E-state index contributed by atoms with van der Waals surface area (Å²) < 4.78 is 4.28. The van der Waals surface area contributed by atoms with Gasteiger partial charge in [0, 0.05) is 36.4 Å². The van der Waals surface area contributed by atoms with Crippen molar-refractivity contribution < 1.29 is 9.13 Å². The predicted molar refractivity (Wildman–Crippen MR) is 90.7 cm³/mol. The van der Waals surface area contributed by atoms with Crippen LogP contribution in [0.2, 0.25) is 0 Å². The van der Waals surface area contributed by atoms with Gasteiger partial charge in [-0.1, -0.05) is 22.7 Å². The number of aromatic nitrogens is 2. The molecule has 0 saturated carbocycles. The quantitative estimate of drug-likeness (QED) is 0.503. The van der Waals surface area contributed by atoms with Gasteiger partial charge < -0.3 is 0 Å². The molecular weight excluding hydrogens is 308 g/mol. The van der Waals surface area contributed by atoms with Gasteiger partial charge in [0.25, 0.3) is 10.0 Å². The average molecular weight is 322 g/mol. The largest absolute Gasteiger partial charge is 0.266 e. The molecule has 0 saturated heterocycles. The lowest BCUT2D eigenvalue weighted by Gasteiger charge is -1.99. The summed E-state index contributed by atoms with van der Waals surface area (Å²) in [5.74, 6) is 0. The van der Waals surface area contributed by atoms with Crippen molar-refractivity contribution in [3.63, 3.8) is 0 Å². The molecule has 0 unspecified atom stereocenters. The third-order valence-corrected chi connectivity index (χ3v) is 5.28. The molecule has 4 rings (SSSR count). The third kappa shape index (κ3) is 2.58. The fraction of sp³-hybridized carbons (Fsp3) is 0. The molecule has 0 amide bonds. The zero-order chi connectivity index (χ0) is 14.8. The number of hydrogen-bond donors (Lipinski definition) is 0. The molecule has 0 aliphatic carbocycles. The van der Waals surface area contributed by atoms with Gasteiger partial charge in [-0.3, -0.25) is 0 Å². The Hall–Kier alpha value is -2.30. The highest BCUT2D eigenvalue weighted by Crippen LogP contribution is 2.17. The Morgan fingerprint density at radius 1 is 0.545 bits per heavy atom. The molecule has 0 aliphatic rings. The Balaban J connectivity index is 1.62. The van der Waals surface area contributed by atoms with Gasteiger partial charge in [0.2, 0.25) is 0 Å². The van der Waals surface area contributed by atoms with Crippen LogP contribution in [-0.4, -0.2) is 0 Å². The van der Waals surface area contributed by atoms with Crippen LogP contribution in [0.5, 0.6) is 0 Å². The fourth-order valence-corrected chi connectivity index (χ4v) is 3.76. The Morgan fingerprint density at radius 3 is 1.27 bits per heavy atom. The summed E-state index contributed by atoms with van der Waals surface area (Å²) in [6, 6.07) is 17.0. The van der Waals surface area contributed by atoms with Gasteiger partial charge in [0.1, 0.15) is 0 Å². The van der Waals surface area contributed by atoms with Crippen LogP contribution in [0.25, 0.3) is 21.1 Å². The van der Waals surface area contributed by atoms with Crippen LogP contribution in [0.15, 0.2) is 84.1 Å². The normalized spacial score (nSPS) is 10.7. The summed E-state index contributed by atoms with van der Waals surface area (Å²) in [6.45, 7) is 0. The van der Waals surface area contributed by atoms with Crippen molar-refractivity contribution in [2.24, 2.45) is 0 Å². The van der Waals surface area contributed by atoms with E-state index < -0.39 is 0 Å². The zero-order valence-electron chi connectivity index (χ0n) is 11.8. The minimum atomic E-state index is 1.23. The summed E-state index contributed by atoms with van der Waals surface area (Å²) in [5.41, 5.74) is 2.46. The highest BCUT2D eigenvalue weighted by atomic mass is 32.1. The van der Waals surface area contributed by atoms with Crippen LogP contribution < -0.4 is 9.13 Å². The van der Waals surface area contributed by atoms with Gasteiger partial charge in [0.05, 0.1) is 0 Å². The Bertz CT molecular complexity index is 771. The SMILES string of the molecule is c1csc(-[n+]2ccc(-c3cc[n+](-c4cccs4)cc3)cc2)c1. The lowest BCUT2D eigenvalue weighted by Crippen LogP contribution is -2.28. The van der Waals surface area contributed by atoms with E-state index in [2.05, 4.69) is 93.2 Å². The molecule has 0 atom stereocenters. The van der Waals surface area contributed by atoms with Gasteiger partial charge in [-0.2, -0.15) is 9.13 Å². The number of hydrogen-bond acceptors (Lipinski definition) is 2. The van der Waals surface area contributed by atoms with Crippen LogP contribution in [0.1, 0.15) is 0 Å². The highest BCUT2D eigenvalue weighted by molar-refractivity contribution is 7.12. The Labute approximate surface area is 137 Å². The van der Waals surface area contributed by atoms with Crippen molar-refractivity contribution in [1.82, 2.24) is 0 Å². The summed E-state index contributed by atoms with van der Waals surface area (Å²) in [5, 5.41) is 6.65. The predicted octanol–water partition coefficient (Wildman–Crippen LogP) is 4.03. The summed E-state index contributed by atoms with van der Waals surface area (Å²) in [7, 11) is 0. The van der Waals surface area contributed by atoms with Gasteiger partial charge in [-0.25, -0.2) is 0 Å². The van der Waals surface area contributed by atoms with Crippen molar-refractivity contribution in [3.05, 3.63) is 84.1 Å². The first kappa shape index (κ1) is 13.4.